The number of nitrogens with zero attached hydrogens (tertiary/aromatic N) is 2. The van der Waals surface area contributed by atoms with E-state index < -0.39 is 0 Å². The van der Waals surface area contributed by atoms with Crippen LogP contribution in [0.5, 0.6) is 0 Å². The Balaban J connectivity index is 1.43. The molecule has 2 fully saturated rings. The third-order valence-electron chi connectivity index (χ3n) is 4.96. The molecule has 0 unspecified atom stereocenters. The van der Waals surface area contributed by atoms with Crippen molar-refractivity contribution in [2.24, 2.45) is 0 Å². The Morgan fingerprint density at radius 1 is 1.23 bits per heavy atom. The van der Waals surface area contributed by atoms with Gasteiger partial charge in [0.25, 0.3) is 0 Å². The van der Waals surface area contributed by atoms with Gasteiger partial charge in [-0.1, -0.05) is 12.1 Å². The predicted molar refractivity (Wildman–Crippen MR) is 85.6 cm³/mol. The fourth-order valence-corrected chi connectivity index (χ4v) is 3.87. The third-order valence-corrected chi connectivity index (χ3v) is 4.96. The van der Waals surface area contributed by atoms with E-state index in [1.165, 1.54) is 6.42 Å². The van der Waals surface area contributed by atoms with Gasteiger partial charge in [-0.05, 0) is 37.9 Å². The van der Waals surface area contributed by atoms with Gasteiger partial charge in [-0.3, -0.25) is 4.79 Å². The molecule has 2 saturated heterocycles. The molecule has 0 spiro atoms. The Morgan fingerprint density at radius 2 is 2.09 bits per heavy atom. The van der Waals surface area contributed by atoms with Crippen molar-refractivity contribution in [2.75, 3.05) is 13.1 Å². The summed E-state index contributed by atoms with van der Waals surface area (Å²) in [5, 5.41) is 3.44. The summed E-state index contributed by atoms with van der Waals surface area (Å²) >= 11 is 0. The maximum absolute atomic E-state index is 12.7. The molecule has 116 valence electrons. The Hall–Kier alpha value is -1.88. The fourth-order valence-electron chi connectivity index (χ4n) is 3.87. The van der Waals surface area contributed by atoms with E-state index in [-0.39, 0.29) is 5.91 Å². The van der Waals surface area contributed by atoms with Gasteiger partial charge in [0.1, 0.15) is 5.82 Å². The summed E-state index contributed by atoms with van der Waals surface area (Å²) in [5.41, 5.74) is 2.02. The van der Waals surface area contributed by atoms with Crippen LogP contribution in [0.4, 0.5) is 0 Å². The molecule has 2 aliphatic rings. The first-order valence-corrected chi connectivity index (χ1v) is 8.27. The lowest BCUT2D eigenvalue weighted by atomic mass is 10.1. The number of nitrogens with one attached hydrogen (secondary N) is 2. The monoisotopic (exact) mass is 298 g/mol. The molecule has 0 aliphatic carbocycles. The summed E-state index contributed by atoms with van der Waals surface area (Å²) in [5.74, 6) is 1.20. The molecule has 0 saturated carbocycles. The maximum atomic E-state index is 12.7. The fraction of sp³-hybridized carbons (Fsp3) is 0.529. The molecule has 3 heterocycles. The van der Waals surface area contributed by atoms with Gasteiger partial charge in [-0.25, -0.2) is 4.98 Å². The quantitative estimate of drug-likeness (QED) is 0.909. The highest BCUT2D eigenvalue weighted by Gasteiger charge is 2.37. The molecule has 4 rings (SSSR count). The topological polar surface area (TPSA) is 61.0 Å². The second kappa shape index (κ2) is 5.72. The zero-order valence-electron chi connectivity index (χ0n) is 12.7. The van der Waals surface area contributed by atoms with Crippen LogP contribution in [0.2, 0.25) is 0 Å². The van der Waals surface area contributed by atoms with Gasteiger partial charge in [-0.2, -0.15) is 0 Å². The first-order chi connectivity index (χ1) is 10.8. The number of aromatic nitrogens is 2. The molecule has 1 amide bonds. The van der Waals surface area contributed by atoms with E-state index in [9.17, 15) is 4.79 Å². The number of H-pyrrole nitrogens is 1. The normalized spacial score (nSPS) is 24.6. The van der Waals surface area contributed by atoms with E-state index in [1.807, 2.05) is 24.3 Å². The number of fused-ring (bicyclic) bond motifs is 3. The van der Waals surface area contributed by atoms with Crippen LogP contribution in [-0.2, 0) is 11.2 Å². The minimum absolute atomic E-state index is 0.289. The van der Waals surface area contributed by atoms with Crippen LogP contribution in [0, 0.1) is 0 Å². The highest BCUT2D eigenvalue weighted by Crippen LogP contribution is 2.28. The lowest BCUT2D eigenvalue weighted by molar-refractivity contribution is -0.133. The number of rotatable bonds is 3. The van der Waals surface area contributed by atoms with Gasteiger partial charge in [0, 0.05) is 31.5 Å². The predicted octanol–water partition coefficient (Wildman–Crippen LogP) is 1.85. The third kappa shape index (κ3) is 2.50. The number of hydrogen-bond acceptors (Lipinski definition) is 3. The number of para-hydroxylation sites is 2. The highest BCUT2D eigenvalue weighted by atomic mass is 16.2. The van der Waals surface area contributed by atoms with Crippen molar-refractivity contribution in [1.29, 1.82) is 0 Å². The number of carbonyl (C=O) groups excluding carboxylic acids is 1. The van der Waals surface area contributed by atoms with Crippen LogP contribution in [-0.4, -0.2) is 45.9 Å². The molecule has 1 aromatic heterocycles. The molecule has 2 atom stereocenters. The van der Waals surface area contributed by atoms with Gasteiger partial charge >= 0.3 is 0 Å². The van der Waals surface area contributed by atoms with E-state index in [0.717, 1.165) is 42.8 Å². The molecule has 5 heteroatoms. The summed E-state index contributed by atoms with van der Waals surface area (Å²) < 4.78 is 0. The molecule has 2 bridgehead atoms. The molecule has 0 radical (unpaired) electrons. The van der Waals surface area contributed by atoms with Crippen LogP contribution in [0.3, 0.4) is 0 Å². The Labute approximate surface area is 130 Å². The molecular weight excluding hydrogens is 276 g/mol. The van der Waals surface area contributed by atoms with Crippen LogP contribution in [0.15, 0.2) is 24.3 Å². The molecule has 2 aromatic rings. The summed E-state index contributed by atoms with van der Waals surface area (Å²) in [7, 11) is 0. The lowest BCUT2D eigenvalue weighted by Crippen LogP contribution is -2.42. The Morgan fingerprint density at radius 3 is 3.00 bits per heavy atom. The van der Waals surface area contributed by atoms with Crippen LogP contribution in [0.1, 0.15) is 31.5 Å². The summed E-state index contributed by atoms with van der Waals surface area (Å²) in [6, 6.07) is 8.85. The standard InChI is InChI=1S/C17H22N4O/c22-17(21-12-5-6-13(21)11-18-10-9-12)8-7-16-19-14-3-1-2-4-15(14)20-16/h1-4,12-13,18H,5-11H2,(H,19,20)/t12-,13+/m0/s1. The Kier molecular flexibility index (Phi) is 3.58. The van der Waals surface area contributed by atoms with E-state index in [4.69, 9.17) is 0 Å². The van der Waals surface area contributed by atoms with Crippen molar-refractivity contribution < 1.29 is 4.79 Å². The summed E-state index contributed by atoms with van der Waals surface area (Å²) in [6.45, 7) is 1.99. The van der Waals surface area contributed by atoms with Gasteiger partial charge in [-0.15, -0.1) is 0 Å². The minimum atomic E-state index is 0.289. The molecule has 22 heavy (non-hydrogen) atoms. The number of aromatic amines is 1. The van der Waals surface area contributed by atoms with Crippen molar-refractivity contribution in [1.82, 2.24) is 20.2 Å². The van der Waals surface area contributed by atoms with Crippen LogP contribution >= 0.6 is 0 Å². The van der Waals surface area contributed by atoms with Crippen molar-refractivity contribution in [3.8, 4) is 0 Å². The van der Waals surface area contributed by atoms with E-state index >= 15 is 0 Å². The zero-order chi connectivity index (χ0) is 14.9. The molecule has 1 aromatic carbocycles. The number of hydrogen-bond donors (Lipinski definition) is 2. The second-order valence-corrected chi connectivity index (χ2v) is 6.38. The molecule has 5 nitrogen and oxygen atoms in total. The maximum Gasteiger partial charge on any atom is 0.223 e. The largest absolute Gasteiger partial charge is 0.342 e. The smallest absolute Gasteiger partial charge is 0.223 e. The number of aryl methyl sites for hydroxylation is 1. The van der Waals surface area contributed by atoms with Gasteiger partial charge < -0.3 is 15.2 Å². The van der Waals surface area contributed by atoms with E-state index in [1.54, 1.807) is 0 Å². The number of benzene rings is 1. The van der Waals surface area contributed by atoms with Crippen molar-refractivity contribution in [3.63, 3.8) is 0 Å². The molecular formula is C17H22N4O. The van der Waals surface area contributed by atoms with Crippen molar-refractivity contribution >= 4 is 16.9 Å². The van der Waals surface area contributed by atoms with E-state index in [2.05, 4.69) is 20.2 Å². The zero-order valence-corrected chi connectivity index (χ0v) is 12.7. The molecule has 2 N–H and O–H groups in total. The average Bonchev–Trinajstić information content (AvgIpc) is 3.04. The number of imidazole rings is 1. The SMILES string of the molecule is O=C(CCc1nc2ccccc2[nH]1)N1[C@@H]2CCNC[C@H]1CC2. The number of carbonyl (C=O) groups is 1. The van der Waals surface area contributed by atoms with E-state index in [0.29, 0.717) is 24.9 Å². The van der Waals surface area contributed by atoms with Gasteiger partial charge in [0.2, 0.25) is 5.91 Å². The number of amides is 1. The van der Waals surface area contributed by atoms with Crippen LogP contribution in [0.25, 0.3) is 11.0 Å². The minimum Gasteiger partial charge on any atom is -0.342 e. The van der Waals surface area contributed by atoms with Crippen molar-refractivity contribution in [3.05, 3.63) is 30.1 Å². The second-order valence-electron chi connectivity index (χ2n) is 6.38. The first-order valence-electron chi connectivity index (χ1n) is 8.27. The summed E-state index contributed by atoms with van der Waals surface area (Å²) in [4.78, 5) is 22.7. The Bertz CT molecular complexity index is 633. The average molecular weight is 298 g/mol. The summed E-state index contributed by atoms with van der Waals surface area (Å²) in [6.07, 6.45) is 4.65. The lowest BCUT2D eigenvalue weighted by Gasteiger charge is -2.27. The van der Waals surface area contributed by atoms with Gasteiger partial charge in [0.05, 0.1) is 11.0 Å². The molecule has 2 aliphatic heterocycles. The van der Waals surface area contributed by atoms with Gasteiger partial charge in [0.15, 0.2) is 0 Å². The first kappa shape index (κ1) is 13.8. The van der Waals surface area contributed by atoms with Crippen molar-refractivity contribution in [2.45, 2.75) is 44.2 Å². The highest BCUT2D eigenvalue weighted by molar-refractivity contribution is 5.78. The van der Waals surface area contributed by atoms with Crippen LogP contribution < -0.4 is 5.32 Å².